The molecule has 0 bridgehead atoms. The van der Waals surface area contributed by atoms with Gasteiger partial charge in [0.1, 0.15) is 0 Å². The molecule has 2 rings (SSSR count). The van der Waals surface area contributed by atoms with Crippen LogP contribution in [0.2, 0.25) is 5.28 Å². The third-order valence-corrected chi connectivity index (χ3v) is 2.86. The number of hydrogen-bond donors (Lipinski definition) is 1. The van der Waals surface area contributed by atoms with Crippen LogP contribution in [0.1, 0.15) is 6.92 Å². The number of aliphatic hydroxyl groups is 1. The summed E-state index contributed by atoms with van der Waals surface area (Å²) in [6.45, 7) is 2.57. The molecule has 1 fully saturated rings. The molecule has 0 radical (unpaired) electrons. The average molecular weight is 262 g/mol. The number of ether oxygens (including phenoxy) is 1. The van der Waals surface area contributed by atoms with E-state index in [1.54, 1.807) is 4.90 Å². The van der Waals surface area contributed by atoms with E-state index in [1.807, 2.05) is 6.92 Å². The Morgan fingerprint density at radius 2 is 2.47 bits per heavy atom. The molecular weight excluding hydrogens is 249 g/mol. The second kappa shape index (κ2) is 5.12. The Morgan fingerprint density at radius 1 is 1.71 bits per heavy atom. The largest absolute Gasteiger partial charge is 0.394 e. The lowest BCUT2D eigenvalue weighted by molar-refractivity contribution is -0.0107. The molecule has 1 N–H and O–H groups in total. The molecule has 1 aromatic heterocycles. The van der Waals surface area contributed by atoms with Crippen molar-refractivity contribution < 1.29 is 14.2 Å². The maximum absolute atomic E-state index is 13.6. The number of hydrogen-bond acceptors (Lipinski definition) is 5. The van der Waals surface area contributed by atoms with E-state index in [0.29, 0.717) is 13.2 Å². The quantitative estimate of drug-likeness (QED) is 0.800. The third kappa shape index (κ3) is 2.65. The molecule has 1 aliphatic heterocycles. The van der Waals surface area contributed by atoms with Crippen LogP contribution in [0.3, 0.4) is 0 Å². The standard InChI is InChI=1S/C10H13ClFN3O2/c1-6-5-17-7(4-16)3-15(6)9-8(12)2-13-10(11)14-9/h2,6-7,16H,3-5H2,1H3. The zero-order valence-electron chi connectivity index (χ0n) is 9.31. The van der Waals surface area contributed by atoms with Gasteiger partial charge in [-0.25, -0.2) is 9.37 Å². The van der Waals surface area contributed by atoms with Crippen LogP contribution < -0.4 is 4.90 Å². The summed E-state index contributed by atoms with van der Waals surface area (Å²) in [5.41, 5.74) is 0. The van der Waals surface area contributed by atoms with Crippen LogP contribution in [-0.4, -0.2) is 47.0 Å². The topological polar surface area (TPSA) is 58.5 Å². The molecule has 5 nitrogen and oxygen atoms in total. The van der Waals surface area contributed by atoms with Crippen molar-refractivity contribution in [3.63, 3.8) is 0 Å². The fraction of sp³-hybridized carbons (Fsp3) is 0.600. The van der Waals surface area contributed by atoms with Crippen LogP contribution in [-0.2, 0) is 4.74 Å². The molecule has 0 saturated carbocycles. The number of halogens is 2. The smallest absolute Gasteiger partial charge is 0.224 e. The Hall–Kier alpha value is -0.980. The maximum Gasteiger partial charge on any atom is 0.224 e. The summed E-state index contributed by atoms with van der Waals surface area (Å²) in [5, 5.41) is 9.06. The predicted octanol–water partition coefficient (Wildman–Crippen LogP) is 0.855. The highest BCUT2D eigenvalue weighted by Crippen LogP contribution is 2.23. The molecule has 94 valence electrons. The van der Waals surface area contributed by atoms with E-state index in [0.717, 1.165) is 6.20 Å². The van der Waals surface area contributed by atoms with Gasteiger partial charge in [-0.05, 0) is 18.5 Å². The molecule has 7 heteroatoms. The summed E-state index contributed by atoms with van der Waals surface area (Å²) in [4.78, 5) is 9.18. The Morgan fingerprint density at radius 3 is 3.18 bits per heavy atom. The molecule has 0 spiro atoms. The van der Waals surface area contributed by atoms with Gasteiger partial charge in [0.2, 0.25) is 5.28 Å². The van der Waals surface area contributed by atoms with E-state index in [1.165, 1.54) is 0 Å². The van der Waals surface area contributed by atoms with Crippen molar-refractivity contribution in [1.29, 1.82) is 0 Å². The van der Waals surface area contributed by atoms with Gasteiger partial charge in [-0.3, -0.25) is 0 Å². The van der Waals surface area contributed by atoms with Crippen molar-refractivity contribution in [2.75, 3.05) is 24.7 Å². The first kappa shape index (κ1) is 12.5. The number of rotatable bonds is 2. The first-order valence-electron chi connectivity index (χ1n) is 5.29. The highest BCUT2D eigenvalue weighted by atomic mass is 35.5. The average Bonchev–Trinajstić information content (AvgIpc) is 2.33. The Bertz CT molecular complexity index is 407. The predicted molar refractivity (Wildman–Crippen MR) is 60.6 cm³/mol. The minimum absolute atomic E-state index is 0.000593. The SMILES string of the molecule is CC1COC(CO)CN1c1nc(Cl)ncc1F. The maximum atomic E-state index is 13.6. The van der Waals surface area contributed by atoms with Crippen LogP contribution in [0.5, 0.6) is 0 Å². The van der Waals surface area contributed by atoms with Gasteiger partial charge in [0.05, 0.1) is 31.6 Å². The Labute approximate surface area is 103 Å². The summed E-state index contributed by atoms with van der Waals surface area (Å²) < 4.78 is 19.0. The number of anilines is 1. The number of nitrogens with zero attached hydrogens (tertiary/aromatic N) is 3. The van der Waals surface area contributed by atoms with Crippen LogP contribution in [0.4, 0.5) is 10.2 Å². The van der Waals surface area contributed by atoms with Crippen molar-refractivity contribution in [3.05, 3.63) is 17.3 Å². The van der Waals surface area contributed by atoms with Crippen LogP contribution in [0.25, 0.3) is 0 Å². The summed E-state index contributed by atoms with van der Waals surface area (Å²) in [6.07, 6.45) is 0.709. The van der Waals surface area contributed by atoms with Crippen molar-refractivity contribution in [2.45, 2.75) is 19.1 Å². The molecule has 0 amide bonds. The zero-order valence-corrected chi connectivity index (χ0v) is 10.1. The number of aromatic nitrogens is 2. The molecule has 2 atom stereocenters. The fourth-order valence-electron chi connectivity index (χ4n) is 1.76. The van der Waals surface area contributed by atoms with Gasteiger partial charge in [-0.1, -0.05) is 0 Å². The van der Waals surface area contributed by atoms with E-state index in [-0.39, 0.29) is 29.9 Å². The highest BCUT2D eigenvalue weighted by Gasteiger charge is 2.28. The molecule has 0 aromatic carbocycles. The molecule has 1 aliphatic rings. The second-order valence-corrected chi connectivity index (χ2v) is 4.29. The van der Waals surface area contributed by atoms with Gasteiger partial charge in [0.25, 0.3) is 0 Å². The fourth-order valence-corrected chi connectivity index (χ4v) is 1.89. The summed E-state index contributed by atoms with van der Waals surface area (Å²) >= 11 is 5.66. The molecule has 2 unspecified atom stereocenters. The van der Waals surface area contributed by atoms with Crippen LogP contribution >= 0.6 is 11.6 Å². The van der Waals surface area contributed by atoms with E-state index in [2.05, 4.69) is 9.97 Å². The minimum Gasteiger partial charge on any atom is -0.394 e. The lowest BCUT2D eigenvalue weighted by Crippen LogP contribution is -2.50. The van der Waals surface area contributed by atoms with E-state index >= 15 is 0 Å². The van der Waals surface area contributed by atoms with E-state index in [9.17, 15) is 4.39 Å². The first-order chi connectivity index (χ1) is 8.11. The third-order valence-electron chi connectivity index (χ3n) is 2.68. The lowest BCUT2D eigenvalue weighted by atomic mass is 10.2. The second-order valence-electron chi connectivity index (χ2n) is 3.95. The first-order valence-corrected chi connectivity index (χ1v) is 5.66. The molecule has 0 aliphatic carbocycles. The van der Waals surface area contributed by atoms with Crippen molar-refractivity contribution in [2.24, 2.45) is 0 Å². The highest BCUT2D eigenvalue weighted by molar-refractivity contribution is 6.28. The number of morpholine rings is 1. The van der Waals surface area contributed by atoms with E-state index in [4.69, 9.17) is 21.4 Å². The summed E-state index contributed by atoms with van der Waals surface area (Å²) in [7, 11) is 0. The lowest BCUT2D eigenvalue weighted by Gasteiger charge is -2.38. The van der Waals surface area contributed by atoms with Gasteiger partial charge >= 0.3 is 0 Å². The van der Waals surface area contributed by atoms with Crippen molar-refractivity contribution in [1.82, 2.24) is 9.97 Å². The molecule has 2 heterocycles. The zero-order chi connectivity index (χ0) is 12.4. The van der Waals surface area contributed by atoms with Crippen LogP contribution in [0.15, 0.2) is 6.20 Å². The van der Waals surface area contributed by atoms with Gasteiger partial charge in [-0.2, -0.15) is 4.98 Å². The van der Waals surface area contributed by atoms with Gasteiger partial charge in [-0.15, -0.1) is 0 Å². The molecule has 17 heavy (non-hydrogen) atoms. The van der Waals surface area contributed by atoms with Gasteiger partial charge in [0, 0.05) is 6.54 Å². The molecular formula is C10H13ClFN3O2. The van der Waals surface area contributed by atoms with E-state index < -0.39 is 5.82 Å². The van der Waals surface area contributed by atoms with Crippen molar-refractivity contribution >= 4 is 17.4 Å². The number of aliphatic hydroxyl groups excluding tert-OH is 1. The van der Waals surface area contributed by atoms with Gasteiger partial charge < -0.3 is 14.7 Å². The Balaban J connectivity index is 2.27. The normalized spacial score (nSPS) is 25.1. The molecule has 1 saturated heterocycles. The molecule has 1 aromatic rings. The van der Waals surface area contributed by atoms with Gasteiger partial charge in [0.15, 0.2) is 11.6 Å². The van der Waals surface area contributed by atoms with Crippen molar-refractivity contribution in [3.8, 4) is 0 Å². The Kier molecular flexibility index (Phi) is 3.76. The summed E-state index contributed by atoms with van der Waals surface area (Å²) in [6, 6.07) is -0.0294. The van der Waals surface area contributed by atoms with Crippen LogP contribution in [0, 0.1) is 5.82 Å². The summed E-state index contributed by atoms with van der Waals surface area (Å²) in [5.74, 6) is -0.376. The minimum atomic E-state index is -0.528. The monoisotopic (exact) mass is 261 g/mol.